The lowest BCUT2D eigenvalue weighted by molar-refractivity contribution is -0.123. The monoisotopic (exact) mass is 188 g/mol. The molecule has 76 valence electrons. The maximum atomic E-state index is 11.0. The van der Waals surface area contributed by atoms with Crippen molar-refractivity contribution in [3.05, 3.63) is 0 Å². The Kier molecular flexibility index (Phi) is 5.82. The van der Waals surface area contributed by atoms with Crippen LogP contribution in [0.15, 0.2) is 0 Å². The number of amides is 2. The van der Waals surface area contributed by atoms with E-state index in [0.717, 1.165) is 0 Å². The third kappa shape index (κ3) is 7.23. The molecule has 0 unspecified atom stereocenters. The predicted molar refractivity (Wildman–Crippen MR) is 48.8 cm³/mol. The molecule has 0 heterocycles. The summed E-state index contributed by atoms with van der Waals surface area (Å²) in [6.45, 7) is 1.09. The molecule has 5 N–H and O–H groups in total. The molecule has 0 aromatic carbocycles. The molecule has 0 aromatic rings. The fraction of sp³-hybridized carbons (Fsp3) is 0.714. The van der Waals surface area contributed by atoms with Crippen molar-refractivity contribution in [3.8, 4) is 0 Å². The Morgan fingerprint density at radius 3 is 2.46 bits per heavy atom. The van der Waals surface area contributed by atoms with E-state index in [9.17, 15) is 9.59 Å². The number of likely N-dealkylation sites (N-methyl/N-ethyl adjacent to an activating group) is 1. The van der Waals surface area contributed by atoms with Gasteiger partial charge in [0.2, 0.25) is 11.8 Å². The third-order valence-electron chi connectivity index (χ3n) is 1.31. The second-order valence-electron chi connectivity index (χ2n) is 2.78. The molecule has 6 nitrogen and oxygen atoms in total. The maximum absolute atomic E-state index is 11.0. The standard InChI is InChI=1S/C7H16N4O2/c1-11(4-6(9)12)5-7(13)10-3-2-8/h2-5,8H2,1H3,(H2,9,12)(H,10,13). The van der Waals surface area contributed by atoms with Gasteiger partial charge >= 0.3 is 0 Å². The van der Waals surface area contributed by atoms with Crippen molar-refractivity contribution in [3.63, 3.8) is 0 Å². The van der Waals surface area contributed by atoms with E-state index in [4.69, 9.17) is 11.5 Å². The number of nitrogens with zero attached hydrogens (tertiary/aromatic N) is 1. The van der Waals surface area contributed by atoms with Crippen LogP contribution >= 0.6 is 0 Å². The number of carbonyl (C=O) groups excluding carboxylic acids is 2. The molecule has 2 amide bonds. The highest BCUT2D eigenvalue weighted by molar-refractivity contribution is 5.80. The normalized spacial score (nSPS) is 10.1. The lowest BCUT2D eigenvalue weighted by atomic mass is 10.4. The van der Waals surface area contributed by atoms with Gasteiger partial charge in [0.15, 0.2) is 0 Å². The lowest BCUT2D eigenvalue weighted by Gasteiger charge is -2.13. The molecular formula is C7H16N4O2. The molecule has 0 fully saturated rings. The van der Waals surface area contributed by atoms with Gasteiger partial charge in [0.1, 0.15) is 0 Å². The molecule has 0 bridgehead atoms. The van der Waals surface area contributed by atoms with E-state index >= 15 is 0 Å². The van der Waals surface area contributed by atoms with Crippen molar-refractivity contribution in [1.82, 2.24) is 10.2 Å². The minimum atomic E-state index is -0.450. The molecule has 0 spiro atoms. The highest BCUT2D eigenvalue weighted by atomic mass is 16.2. The topological polar surface area (TPSA) is 101 Å². The minimum Gasteiger partial charge on any atom is -0.369 e. The molecule has 0 rings (SSSR count). The summed E-state index contributed by atoms with van der Waals surface area (Å²) in [6, 6.07) is 0. The van der Waals surface area contributed by atoms with Gasteiger partial charge in [-0.3, -0.25) is 14.5 Å². The Hall–Kier alpha value is -1.14. The largest absolute Gasteiger partial charge is 0.369 e. The van der Waals surface area contributed by atoms with E-state index in [2.05, 4.69) is 5.32 Å². The van der Waals surface area contributed by atoms with E-state index in [1.165, 1.54) is 4.90 Å². The summed E-state index contributed by atoms with van der Waals surface area (Å²) in [5.41, 5.74) is 10.1. The number of primary amides is 1. The van der Waals surface area contributed by atoms with Gasteiger partial charge in [0.05, 0.1) is 13.1 Å². The zero-order valence-corrected chi connectivity index (χ0v) is 7.75. The number of hydrogen-bond donors (Lipinski definition) is 3. The first-order valence-corrected chi connectivity index (χ1v) is 4.00. The van der Waals surface area contributed by atoms with Crippen LogP contribution in [0.25, 0.3) is 0 Å². The van der Waals surface area contributed by atoms with Crippen LogP contribution in [0.1, 0.15) is 0 Å². The summed E-state index contributed by atoms with van der Waals surface area (Å²) in [5.74, 6) is -0.608. The average molecular weight is 188 g/mol. The first-order valence-electron chi connectivity index (χ1n) is 4.00. The summed E-state index contributed by atoms with van der Waals surface area (Å²) >= 11 is 0. The molecule has 0 saturated carbocycles. The van der Waals surface area contributed by atoms with Gasteiger partial charge in [0.25, 0.3) is 0 Å². The van der Waals surface area contributed by atoms with Crippen molar-refractivity contribution < 1.29 is 9.59 Å². The summed E-state index contributed by atoms with van der Waals surface area (Å²) in [7, 11) is 1.65. The molecule has 0 aromatic heterocycles. The van der Waals surface area contributed by atoms with Gasteiger partial charge < -0.3 is 16.8 Å². The lowest BCUT2D eigenvalue weighted by Crippen LogP contribution is -2.40. The van der Waals surface area contributed by atoms with Crippen LogP contribution in [0.4, 0.5) is 0 Å². The molecule has 0 aliphatic heterocycles. The van der Waals surface area contributed by atoms with E-state index in [0.29, 0.717) is 13.1 Å². The molecule has 0 saturated heterocycles. The summed E-state index contributed by atoms with van der Waals surface area (Å²) in [5, 5.41) is 2.58. The van der Waals surface area contributed by atoms with Gasteiger partial charge in [-0.2, -0.15) is 0 Å². The van der Waals surface area contributed by atoms with Crippen LogP contribution in [0.3, 0.4) is 0 Å². The molecule has 13 heavy (non-hydrogen) atoms. The van der Waals surface area contributed by atoms with Crippen molar-refractivity contribution in [1.29, 1.82) is 0 Å². The first kappa shape index (κ1) is 11.9. The Bertz CT molecular complexity index is 183. The predicted octanol–water partition coefficient (Wildman–Crippen LogP) is -2.52. The third-order valence-corrected chi connectivity index (χ3v) is 1.31. The maximum Gasteiger partial charge on any atom is 0.234 e. The average Bonchev–Trinajstić information content (AvgIpc) is 1.98. The first-order chi connectivity index (χ1) is 6.06. The van der Waals surface area contributed by atoms with Gasteiger partial charge in [0, 0.05) is 13.1 Å². The van der Waals surface area contributed by atoms with Gasteiger partial charge in [-0.15, -0.1) is 0 Å². The number of rotatable bonds is 6. The van der Waals surface area contributed by atoms with Gasteiger partial charge in [-0.05, 0) is 7.05 Å². The zero-order chi connectivity index (χ0) is 10.3. The summed E-state index contributed by atoms with van der Waals surface area (Å²) in [4.78, 5) is 23.0. The Morgan fingerprint density at radius 1 is 1.38 bits per heavy atom. The minimum absolute atomic E-state index is 0.0794. The molecule has 0 aliphatic rings. The highest BCUT2D eigenvalue weighted by Gasteiger charge is 2.07. The SMILES string of the molecule is CN(CC(N)=O)CC(=O)NCCN. The van der Waals surface area contributed by atoms with E-state index in [-0.39, 0.29) is 19.0 Å². The summed E-state index contributed by atoms with van der Waals surface area (Å²) in [6.07, 6.45) is 0. The fourth-order valence-corrected chi connectivity index (χ4v) is 0.835. The van der Waals surface area contributed by atoms with Crippen molar-refractivity contribution in [2.45, 2.75) is 0 Å². The van der Waals surface area contributed by atoms with Crippen molar-refractivity contribution in [2.75, 3.05) is 33.2 Å². The van der Waals surface area contributed by atoms with Crippen molar-refractivity contribution in [2.24, 2.45) is 11.5 Å². The van der Waals surface area contributed by atoms with E-state index < -0.39 is 5.91 Å². The Labute approximate surface area is 77.2 Å². The second-order valence-corrected chi connectivity index (χ2v) is 2.78. The molecule has 0 atom stereocenters. The smallest absolute Gasteiger partial charge is 0.234 e. The van der Waals surface area contributed by atoms with Crippen molar-refractivity contribution >= 4 is 11.8 Å². The number of nitrogens with two attached hydrogens (primary N) is 2. The quantitative estimate of drug-likeness (QED) is 0.428. The Balaban J connectivity index is 3.59. The van der Waals surface area contributed by atoms with Crippen LogP contribution < -0.4 is 16.8 Å². The van der Waals surface area contributed by atoms with Crippen LogP contribution in [0, 0.1) is 0 Å². The fourth-order valence-electron chi connectivity index (χ4n) is 0.835. The number of nitrogens with one attached hydrogen (secondary N) is 1. The van der Waals surface area contributed by atoms with Crippen LogP contribution in [-0.4, -0.2) is 49.9 Å². The zero-order valence-electron chi connectivity index (χ0n) is 7.75. The van der Waals surface area contributed by atoms with E-state index in [1.54, 1.807) is 7.05 Å². The van der Waals surface area contributed by atoms with Crippen LogP contribution in [-0.2, 0) is 9.59 Å². The molecular weight excluding hydrogens is 172 g/mol. The molecule has 6 heteroatoms. The molecule has 0 radical (unpaired) electrons. The van der Waals surface area contributed by atoms with Gasteiger partial charge in [-0.1, -0.05) is 0 Å². The Morgan fingerprint density at radius 2 is 2.00 bits per heavy atom. The number of hydrogen-bond acceptors (Lipinski definition) is 4. The van der Waals surface area contributed by atoms with E-state index in [1.807, 2.05) is 0 Å². The molecule has 0 aliphatic carbocycles. The van der Waals surface area contributed by atoms with Gasteiger partial charge in [-0.25, -0.2) is 0 Å². The highest BCUT2D eigenvalue weighted by Crippen LogP contribution is 1.80. The van der Waals surface area contributed by atoms with Crippen LogP contribution in [0.5, 0.6) is 0 Å². The number of carbonyl (C=O) groups is 2. The second kappa shape index (κ2) is 6.38. The summed E-state index contributed by atoms with van der Waals surface area (Å²) < 4.78 is 0. The van der Waals surface area contributed by atoms with Crippen LogP contribution in [0.2, 0.25) is 0 Å².